The number of benzene rings is 3. The minimum atomic E-state index is -1.14. The Labute approximate surface area is 295 Å². The number of carbonyl (C=O) groups is 2. The van der Waals surface area contributed by atoms with Crippen molar-refractivity contribution in [1.82, 2.24) is 20.6 Å². The van der Waals surface area contributed by atoms with Crippen LogP contribution in [0.4, 0.5) is 4.79 Å². The van der Waals surface area contributed by atoms with Gasteiger partial charge in [-0.2, -0.15) is 5.10 Å². The van der Waals surface area contributed by atoms with Gasteiger partial charge in [0.05, 0.1) is 31.5 Å². The van der Waals surface area contributed by atoms with Crippen molar-refractivity contribution >= 4 is 29.8 Å². The number of nitrogens with one attached hydrogen (secondary N) is 3. The average molecular weight is 702 g/mol. The first-order chi connectivity index (χ1) is 24.1. The summed E-state index contributed by atoms with van der Waals surface area (Å²) in [7, 11) is 1.28. The highest BCUT2D eigenvalue weighted by atomic mass is 35.5. The van der Waals surface area contributed by atoms with Crippen LogP contribution in [0, 0.1) is 13.8 Å². The smallest absolute Gasteiger partial charge is 0.337 e. The minimum absolute atomic E-state index is 0.142. The maximum absolute atomic E-state index is 12.5. The second kappa shape index (κ2) is 16.3. The van der Waals surface area contributed by atoms with Crippen molar-refractivity contribution < 1.29 is 33.6 Å². The molecule has 1 aromatic heterocycles. The van der Waals surface area contributed by atoms with Crippen molar-refractivity contribution in [3.05, 3.63) is 117 Å². The molecule has 262 valence electrons. The third-order valence-electron chi connectivity index (χ3n) is 8.02. The van der Waals surface area contributed by atoms with E-state index in [9.17, 15) is 14.7 Å². The molecule has 50 heavy (non-hydrogen) atoms. The minimum Gasteiger partial charge on any atom is -0.490 e. The molecule has 2 heterocycles. The number of aliphatic hydroxyl groups is 1. The summed E-state index contributed by atoms with van der Waals surface area (Å²) in [5, 5.41) is 20.9. The van der Waals surface area contributed by atoms with Crippen LogP contribution >= 0.6 is 11.6 Å². The van der Waals surface area contributed by atoms with Crippen LogP contribution in [0.15, 0.2) is 89.2 Å². The van der Waals surface area contributed by atoms with Gasteiger partial charge in [-0.3, -0.25) is 5.43 Å². The van der Waals surface area contributed by atoms with Gasteiger partial charge in [0.25, 0.3) is 0 Å². The Bertz CT molecular complexity index is 1900. The van der Waals surface area contributed by atoms with E-state index in [1.807, 2.05) is 75.4 Å². The zero-order chi connectivity index (χ0) is 35.8. The van der Waals surface area contributed by atoms with Crippen LogP contribution in [-0.4, -0.2) is 54.4 Å². The first kappa shape index (κ1) is 35.8. The van der Waals surface area contributed by atoms with Crippen LogP contribution in [0.5, 0.6) is 17.2 Å². The summed E-state index contributed by atoms with van der Waals surface area (Å²) in [4.78, 5) is 24.7. The Morgan fingerprint density at radius 3 is 2.52 bits per heavy atom. The van der Waals surface area contributed by atoms with Crippen LogP contribution in [0.25, 0.3) is 5.69 Å². The van der Waals surface area contributed by atoms with E-state index in [1.54, 1.807) is 31.3 Å². The number of amides is 2. The van der Waals surface area contributed by atoms with E-state index in [0.29, 0.717) is 41.0 Å². The maximum atomic E-state index is 12.5. The number of hydrogen-bond donors (Lipinski definition) is 4. The first-order valence-corrected chi connectivity index (χ1v) is 16.4. The van der Waals surface area contributed by atoms with Crippen LogP contribution in [0.3, 0.4) is 0 Å². The van der Waals surface area contributed by atoms with Gasteiger partial charge in [-0.1, -0.05) is 35.9 Å². The summed E-state index contributed by atoms with van der Waals surface area (Å²) in [5.74, 6) is 0.908. The number of halogens is 1. The summed E-state index contributed by atoms with van der Waals surface area (Å²) >= 11 is 6.25. The third kappa shape index (κ3) is 8.39. The van der Waals surface area contributed by atoms with E-state index in [1.165, 1.54) is 7.11 Å². The molecule has 0 fully saturated rings. The number of nitrogens with zero attached hydrogens (tertiary/aromatic N) is 2. The number of carbonyl (C=O) groups excluding carboxylic acids is 2. The lowest BCUT2D eigenvalue weighted by Gasteiger charge is -2.28. The van der Waals surface area contributed by atoms with Gasteiger partial charge in [-0.15, -0.1) is 0 Å². The van der Waals surface area contributed by atoms with Gasteiger partial charge in [0.1, 0.15) is 19.0 Å². The number of hydrogen-bond acceptors (Lipinski definition) is 9. The van der Waals surface area contributed by atoms with Crippen molar-refractivity contribution in [2.24, 2.45) is 5.10 Å². The van der Waals surface area contributed by atoms with Crippen molar-refractivity contribution in [2.75, 3.05) is 20.3 Å². The molecule has 0 bridgehead atoms. The van der Waals surface area contributed by atoms with Gasteiger partial charge in [0, 0.05) is 38.9 Å². The summed E-state index contributed by atoms with van der Waals surface area (Å²) in [6.45, 7) is 8.03. The zero-order valence-electron chi connectivity index (χ0n) is 28.5. The standard InChI is InChI=1S/C37H40ClN5O7/c1-6-48-32-18-25(35-34(36(45)47-5)23(3)40-37(46)41-35)11-16-31(32)50-21-33(44)42-39-19-27-17-22(2)43(24(27)4)28-12-14-29(15-13-28)49-20-26-9-7-8-10-30(26)38/h7-19,33,35,42,44H,6,20-21H2,1-5H3,(H2,40,41,46)/b39-19+/t33-,35-/m0/s1. The zero-order valence-corrected chi connectivity index (χ0v) is 29.2. The molecule has 12 nitrogen and oxygen atoms in total. The molecule has 1 aliphatic rings. The fourth-order valence-corrected chi connectivity index (χ4v) is 5.79. The topological polar surface area (TPSA) is 145 Å². The monoisotopic (exact) mass is 701 g/mol. The molecular formula is C37H40ClN5O7. The van der Waals surface area contributed by atoms with Gasteiger partial charge in [-0.05, 0) is 81.8 Å². The molecular weight excluding hydrogens is 662 g/mol. The highest BCUT2D eigenvalue weighted by Crippen LogP contribution is 2.35. The molecule has 0 saturated heterocycles. The van der Waals surface area contributed by atoms with Crippen molar-refractivity contribution in [1.29, 1.82) is 0 Å². The normalized spacial score (nSPS) is 14.9. The number of urea groups is 1. The number of aliphatic hydroxyl groups excluding tert-OH is 1. The third-order valence-corrected chi connectivity index (χ3v) is 8.39. The van der Waals surface area contributed by atoms with E-state index >= 15 is 0 Å². The van der Waals surface area contributed by atoms with E-state index in [4.69, 9.17) is 30.5 Å². The molecule has 5 rings (SSSR count). The molecule has 0 aliphatic carbocycles. The molecule has 4 aromatic rings. The molecule has 2 amide bonds. The summed E-state index contributed by atoms with van der Waals surface area (Å²) < 4.78 is 24.6. The van der Waals surface area contributed by atoms with Crippen LogP contribution in [0.2, 0.25) is 5.02 Å². The van der Waals surface area contributed by atoms with E-state index < -0.39 is 24.3 Å². The fourth-order valence-electron chi connectivity index (χ4n) is 5.60. The summed E-state index contributed by atoms with van der Waals surface area (Å²) in [6, 6.07) is 21.3. The van der Waals surface area contributed by atoms with Crippen LogP contribution < -0.4 is 30.3 Å². The predicted octanol–water partition coefficient (Wildman–Crippen LogP) is 5.85. The number of allylic oxidation sites excluding steroid dienone is 1. The number of aromatic nitrogens is 1. The number of esters is 1. The molecule has 1 aliphatic heterocycles. The number of ether oxygens (including phenoxy) is 4. The molecule has 0 spiro atoms. The molecule has 3 aromatic carbocycles. The van der Waals surface area contributed by atoms with Crippen molar-refractivity contribution in [2.45, 2.75) is 46.6 Å². The number of aryl methyl sites for hydroxylation is 1. The van der Waals surface area contributed by atoms with Crippen molar-refractivity contribution in [3.8, 4) is 22.9 Å². The number of hydrazone groups is 1. The number of methoxy groups -OCH3 is 1. The Morgan fingerprint density at radius 1 is 1.04 bits per heavy atom. The molecule has 0 radical (unpaired) electrons. The van der Waals surface area contributed by atoms with Crippen molar-refractivity contribution in [3.63, 3.8) is 0 Å². The Balaban J connectivity index is 1.20. The lowest BCUT2D eigenvalue weighted by atomic mass is 9.95. The Morgan fingerprint density at radius 2 is 1.80 bits per heavy atom. The van der Waals surface area contributed by atoms with Gasteiger partial charge < -0.3 is 39.3 Å². The summed E-state index contributed by atoms with van der Waals surface area (Å²) in [5.41, 5.74) is 8.70. The predicted molar refractivity (Wildman–Crippen MR) is 190 cm³/mol. The van der Waals surface area contributed by atoms with Gasteiger partial charge in [0.15, 0.2) is 17.7 Å². The number of rotatable bonds is 14. The largest absolute Gasteiger partial charge is 0.490 e. The maximum Gasteiger partial charge on any atom is 0.337 e. The van der Waals surface area contributed by atoms with E-state index in [-0.39, 0.29) is 12.2 Å². The highest BCUT2D eigenvalue weighted by Gasteiger charge is 2.32. The van der Waals surface area contributed by atoms with Crippen LogP contribution in [-0.2, 0) is 16.1 Å². The highest BCUT2D eigenvalue weighted by molar-refractivity contribution is 6.31. The Kier molecular flexibility index (Phi) is 11.7. The molecule has 0 unspecified atom stereocenters. The van der Waals surface area contributed by atoms with Gasteiger partial charge in [-0.25, -0.2) is 9.59 Å². The van der Waals surface area contributed by atoms with Gasteiger partial charge in [0.2, 0.25) is 0 Å². The van der Waals surface area contributed by atoms with E-state index in [2.05, 4.69) is 25.7 Å². The molecule has 0 saturated carbocycles. The molecule has 2 atom stereocenters. The lowest BCUT2D eigenvalue weighted by Crippen LogP contribution is -2.45. The lowest BCUT2D eigenvalue weighted by molar-refractivity contribution is -0.136. The fraction of sp³-hybridized carbons (Fsp3) is 0.270. The quantitative estimate of drug-likeness (QED) is 0.0555. The SMILES string of the molecule is CCOc1cc([C@@H]2NC(=O)NC(C)=C2C(=O)OC)ccc1OC[C@H](O)N/N=C/c1cc(C)n(-c2ccc(OCc3ccccc3Cl)cc2)c1C. The van der Waals surface area contributed by atoms with Crippen LogP contribution in [0.1, 0.15) is 48.0 Å². The second-order valence-corrected chi connectivity index (χ2v) is 11.9. The summed E-state index contributed by atoms with van der Waals surface area (Å²) in [6.07, 6.45) is 0.507. The first-order valence-electron chi connectivity index (χ1n) is 16.0. The van der Waals surface area contributed by atoms with Gasteiger partial charge >= 0.3 is 12.0 Å². The van der Waals surface area contributed by atoms with E-state index in [0.717, 1.165) is 34.0 Å². The Hall–Kier alpha value is -5.46. The molecule has 13 heteroatoms. The molecule has 4 N–H and O–H groups in total. The second-order valence-electron chi connectivity index (χ2n) is 11.5. The average Bonchev–Trinajstić information content (AvgIpc) is 3.38.